The van der Waals surface area contributed by atoms with E-state index in [-0.39, 0.29) is 5.91 Å². The molecule has 1 aromatic heterocycles. The van der Waals surface area contributed by atoms with E-state index in [4.69, 9.17) is 23.2 Å². The number of halogens is 2. The van der Waals surface area contributed by atoms with Crippen LogP contribution in [-0.4, -0.2) is 15.6 Å². The van der Waals surface area contributed by atoms with Gasteiger partial charge in [0.15, 0.2) is 5.17 Å². The number of carbonyl (C=O) groups excluding carboxylic acids is 1. The van der Waals surface area contributed by atoms with Gasteiger partial charge < -0.3 is 9.88 Å². The van der Waals surface area contributed by atoms with E-state index in [9.17, 15) is 4.79 Å². The minimum atomic E-state index is -0.177. The lowest BCUT2D eigenvalue weighted by Gasteiger charge is -2.01. The summed E-state index contributed by atoms with van der Waals surface area (Å²) < 4.78 is 2.12. The molecule has 2 aromatic carbocycles. The molecular weight excluding hydrogens is 401 g/mol. The van der Waals surface area contributed by atoms with Crippen molar-refractivity contribution < 1.29 is 4.79 Å². The second kappa shape index (κ2) is 7.08. The number of aromatic nitrogens is 1. The summed E-state index contributed by atoms with van der Waals surface area (Å²) in [5, 5.41) is 5.17. The summed E-state index contributed by atoms with van der Waals surface area (Å²) in [6.45, 7) is 2.05. The molecule has 1 aliphatic heterocycles. The monoisotopic (exact) mass is 415 g/mol. The van der Waals surface area contributed by atoms with Gasteiger partial charge in [-0.1, -0.05) is 47.5 Å². The number of thioether (sulfide) groups is 1. The zero-order valence-electron chi connectivity index (χ0n) is 14.6. The molecule has 0 saturated carbocycles. The average Bonchev–Trinajstić information content (AvgIpc) is 3.12. The second-order valence-electron chi connectivity index (χ2n) is 6.13. The van der Waals surface area contributed by atoms with Crippen molar-refractivity contribution in [3.05, 3.63) is 68.7 Å². The Balaban J connectivity index is 1.73. The molecule has 0 radical (unpaired) electrons. The molecule has 7 heteroatoms. The van der Waals surface area contributed by atoms with Gasteiger partial charge in [0.05, 0.1) is 20.6 Å². The molecule has 136 valence electrons. The zero-order chi connectivity index (χ0) is 19.1. The Kier molecular flexibility index (Phi) is 4.76. The van der Waals surface area contributed by atoms with Gasteiger partial charge in [-0.05, 0) is 43.0 Å². The van der Waals surface area contributed by atoms with E-state index in [1.54, 1.807) is 18.2 Å². The third kappa shape index (κ3) is 3.27. The number of nitrogens with zero attached hydrogens (tertiary/aromatic N) is 2. The minimum absolute atomic E-state index is 0.177. The average molecular weight is 416 g/mol. The third-order valence-electron chi connectivity index (χ3n) is 4.53. The molecule has 0 atom stereocenters. The van der Waals surface area contributed by atoms with Crippen LogP contribution in [0.5, 0.6) is 0 Å². The molecule has 27 heavy (non-hydrogen) atoms. The molecular formula is C20H15Cl2N3OS. The third-order valence-corrected chi connectivity index (χ3v) is 6.25. The van der Waals surface area contributed by atoms with E-state index in [0.717, 1.165) is 22.2 Å². The predicted octanol–water partition coefficient (Wildman–Crippen LogP) is 5.69. The smallest absolute Gasteiger partial charge is 0.264 e. The first kappa shape index (κ1) is 18.2. The van der Waals surface area contributed by atoms with Crippen molar-refractivity contribution >= 4 is 68.7 Å². The van der Waals surface area contributed by atoms with Gasteiger partial charge in [-0.15, -0.1) is 0 Å². The highest BCUT2D eigenvalue weighted by Crippen LogP contribution is 2.35. The van der Waals surface area contributed by atoms with Crippen LogP contribution in [0.15, 0.2) is 52.4 Å². The second-order valence-corrected chi connectivity index (χ2v) is 7.95. The number of amidine groups is 1. The van der Waals surface area contributed by atoms with E-state index < -0.39 is 0 Å². The van der Waals surface area contributed by atoms with E-state index in [1.807, 2.05) is 32.2 Å². The molecule has 2 heterocycles. The van der Waals surface area contributed by atoms with E-state index in [2.05, 4.69) is 27.0 Å². The summed E-state index contributed by atoms with van der Waals surface area (Å²) in [5.41, 5.74) is 3.78. The van der Waals surface area contributed by atoms with E-state index >= 15 is 0 Å². The standard InChI is InChI=1S/C20H15Cl2N3OS/c1-11-13(12-6-3-4-9-16(12)25(11)2)10-17-19(26)24-20(27-17)23-15-8-5-7-14(21)18(15)22/h3-10H,1-2H3,(H,23,24,26)/b17-10-. The molecule has 3 aromatic rings. The lowest BCUT2D eigenvalue weighted by Crippen LogP contribution is -2.19. The van der Waals surface area contributed by atoms with Crippen LogP contribution in [0.1, 0.15) is 11.3 Å². The van der Waals surface area contributed by atoms with Crippen LogP contribution in [0.3, 0.4) is 0 Å². The normalized spacial score (nSPS) is 17.3. The number of para-hydroxylation sites is 1. The molecule has 1 N–H and O–H groups in total. The fourth-order valence-electron chi connectivity index (χ4n) is 3.03. The number of hydrogen-bond acceptors (Lipinski definition) is 3. The van der Waals surface area contributed by atoms with Gasteiger partial charge in [-0.3, -0.25) is 4.79 Å². The SMILES string of the molecule is Cc1c(/C=C2\SC(=Nc3cccc(Cl)c3Cl)NC2=O)c2ccccc2n1C. The van der Waals surface area contributed by atoms with Crippen molar-refractivity contribution in [3.63, 3.8) is 0 Å². The number of rotatable bonds is 2. The number of aliphatic imine (C=N–C) groups is 1. The van der Waals surface area contributed by atoms with Crippen molar-refractivity contribution in [1.82, 2.24) is 9.88 Å². The summed E-state index contributed by atoms with van der Waals surface area (Å²) in [5.74, 6) is -0.177. The van der Waals surface area contributed by atoms with Crippen LogP contribution in [-0.2, 0) is 11.8 Å². The topological polar surface area (TPSA) is 46.4 Å². The zero-order valence-corrected chi connectivity index (χ0v) is 16.9. The first-order valence-electron chi connectivity index (χ1n) is 8.23. The molecule has 0 bridgehead atoms. The van der Waals surface area contributed by atoms with Gasteiger partial charge in [0, 0.05) is 29.2 Å². The molecule has 1 saturated heterocycles. The number of hydrogen-bond donors (Lipinski definition) is 1. The number of benzene rings is 2. The van der Waals surface area contributed by atoms with Crippen molar-refractivity contribution in [2.75, 3.05) is 0 Å². The van der Waals surface area contributed by atoms with Crippen molar-refractivity contribution in [3.8, 4) is 0 Å². The molecule has 4 rings (SSSR count). The highest BCUT2D eigenvalue weighted by molar-refractivity contribution is 8.18. The lowest BCUT2D eigenvalue weighted by atomic mass is 10.1. The number of amides is 1. The Bertz CT molecular complexity index is 1150. The maximum Gasteiger partial charge on any atom is 0.264 e. The number of fused-ring (bicyclic) bond motifs is 1. The van der Waals surface area contributed by atoms with Crippen molar-refractivity contribution in [2.24, 2.45) is 12.0 Å². The Morgan fingerprint density at radius 2 is 1.93 bits per heavy atom. The van der Waals surface area contributed by atoms with Crippen LogP contribution in [0.4, 0.5) is 5.69 Å². The predicted molar refractivity (Wildman–Crippen MR) is 115 cm³/mol. The van der Waals surface area contributed by atoms with Crippen molar-refractivity contribution in [2.45, 2.75) is 6.92 Å². The number of aryl methyl sites for hydroxylation is 1. The molecule has 1 fully saturated rings. The van der Waals surface area contributed by atoms with Crippen LogP contribution in [0.25, 0.3) is 17.0 Å². The van der Waals surface area contributed by atoms with Crippen LogP contribution >= 0.6 is 35.0 Å². The lowest BCUT2D eigenvalue weighted by molar-refractivity contribution is -0.115. The largest absolute Gasteiger partial charge is 0.347 e. The maximum absolute atomic E-state index is 12.4. The molecule has 0 aliphatic carbocycles. The summed E-state index contributed by atoms with van der Waals surface area (Å²) in [4.78, 5) is 17.5. The fraction of sp³-hybridized carbons (Fsp3) is 0.100. The fourth-order valence-corrected chi connectivity index (χ4v) is 4.19. The molecule has 0 spiro atoms. The van der Waals surface area contributed by atoms with E-state index in [0.29, 0.717) is 25.8 Å². The highest BCUT2D eigenvalue weighted by atomic mass is 35.5. The Morgan fingerprint density at radius 1 is 1.15 bits per heavy atom. The Hall–Kier alpha value is -2.21. The van der Waals surface area contributed by atoms with E-state index in [1.165, 1.54) is 11.8 Å². The van der Waals surface area contributed by atoms with Gasteiger partial charge in [0.2, 0.25) is 0 Å². The molecule has 4 nitrogen and oxygen atoms in total. The Labute approximate surface area is 170 Å². The molecule has 1 aliphatic rings. The summed E-state index contributed by atoms with van der Waals surface area (Å²) >= 11 is 13.5. The number of carbonyl (C=O) groups is 1. The maximum atomic E-state index is 12.4. The Morgan fingerprint density at radius 3 is 2.74 bits per heavy atom. The molecule has 0 unspecified atom stereocenters. The molecule has 1 amide bonds. The summed E-state index contributed by atoms with van der Waals surface area (Å²) in [7, 11) is 2.02. The van der Waals surface area contributed by atoms with Gasteiger partial charge >= 0.3 is 0 Å². The summed E-state index contributed by atoms with van der Waals surface area (Å²) in [6, 6.07) is 13.4. The van der Waals surface area contributed by atoms with Gasteiger partial charge in [0.25, 0.3) is 5.91 Å². The van der Waals surface area contributed by atoms with Crippen LogP contribution in [0, 0.1) is 6.92 Å². The van der Waals surface area contributed by atoms with Crippen LogP contribution < -0.4 is 5.32 Å². The quantitative estimate of drug-likeness (QED) is 0.546. The summed E-state index contributed by atoms with van der Waals surface area (Å²) in [6.07, 6.45) is 1.92. The number of nitrogens with one attached hydrogen (secondary N) is 1. The minimum Gasteiger partial charge on any atom is -0.347 e. The highest BCUT2D eigenvalue weighted by Gasteiger charge is 2.25. The first-order chi connectivity index (χ1) is 13.0. The van der Waals surface area contributed by atoms with Gasteiger partial charge in [0.1, 0.15) is 0 Å². The first-order valence-corrected chi connectivity index (χ1v) is 9.80. The van der Waals surface area contributed by atoms with Crippen LogP contribution in [0.2, 0.25) is 10.0 Å². The van der Waals surface area contributed by atoms with Gasteiger partial charge in [-0.2, -0.15) is 0 Å². The van der Waals surface area contributed by atoms with Crippen molar-refractivity contribution in [1.29, 1.82) is 0 Å². The van der Waals surface area contributed by atoms with Gasteiger partial charge in [-0.25, -0.2) is 4.99 Å².